The fraction of sp³-hybridized carbons (Fsp3) is 1.00. The van der Waals surface area contributed by atoms with Crippen molar-refractivity contribution in [2.75, 3.05) is 13.2 Å². The number of alkyl halides is 2. The van der Waals surface area contributed by atoms with E-state index in [-0.39, 0.29) is 13.2 Å². The van der Waals surface area contributed by atoms with Crippen LogP contribution in [-0.2, 0) is 18.3 Å². The molecule has 3 N–H and O–H groups in total. The molecule has 0 aromatic rings. The zero-order chi connectivity index (χ0) is 15.6. The predicted octanol–water partition coefficient (Wildman–Crippen LogP) is 0.674. The third-order valence-corrected chi connectivity index (χ3v) is 4.96. The van der Waals surface area contributed by atoms with Crippen molar-refractivity contribution in [3.05, 3.63) is 0 Å². The van der Waals surface area contributed by atoms with Crippen molar-refractivity contribution in [2.24, 2.45) is 0 Å². The summed E-state index contributed by atoms with van der Waals surface area (Å²) >= 11 is 0. The van der Waals surface area contributed by atoms with Crippen LogP contribution in [0.1, 0.15) is 20.3 Å². The van der Waals surface area contributed by atoms with E-state index in [4.69, 9.17) is 5.11 Å². The Morgan fingerprint density at radius 2 is 1.65 bits per heavy atom. The molecule has 7 nitrogen and oxygen atoms in total. The molecule has 0 aliphatic carbocycles. The third-order valence-electron chi connectivity index (χ3n) is 2.78. The second-order valence-corrected chi connectivity index (χ2v) is 6.41. The number of aliphatic hydroxyl groups is 3. The molecular formula is C10H19F2O7P. The van der Waals surface area contributed by atoms with Gasteiger partial charge in [0, 0.05) is 0 Å². The lowest BCUT2D eigenvalue weighted by molar-refractivity contribution is -0.136. The molecule has 0 spiro atoms. The molecule has 1 aliphatic heterocycles. The van der Waals surface area contributed by atoms with Gasteiger partial charge in [0.15, 0.2) is 6.29 Å². The SMILES string of the molecule is CCOP(=O)(OCC)C(F)(F)C[C@H]1OC(O)[C@H](O)[C@H]1O. The number of rotatable bonds is 7. The van der Waals surface area contributed by atoms with Crippen LogP contribution in [0.4, 0.5) is 8.78 Å². The van der Waals surface area contributed by atoms with Gasteiger partial charge in [0.25, 0.3) is 0 Å². The largest absolute Gasteiger partial charge is 0.399 e. The maximum Gasteiger partial charge on any atom is 0.399 e. The Labute approximate surface area is 115 Å². The van der Waals surface area contributed by atoms with Crippen LogP contribution in [0.15, 0.2) is 0 Å². The lowest BCUT2D eigenvalue weighted by atomic mass is 10.1. The Balaban J connectivity index is 2.84. The molecule has 20 heavy (non-hydrogen) atoms. The predicted molar refractivity (Wildman–Crippen MR) is 63.3 cm³/mol. The Morgan fingerprint density at radius 1 is 1.15 bits per heavy atom. The fourth-order valence-electron chi connectivity index (χ4n) is 1.82. The van der Waals surface area contributed by atoms with Crippen LogP contribution in [0.25, 0.3) is 0 Å². The van der Waals surface area contributed by atoms with Crippen molar-refractivity contribution in [1.29, 1.82) is 0 Å². The highest BCUT2D eigenvalue weighted by molar-refractivity contribution is 7.55. The monoisotopic (exact) mass is 320 g/mol. The van der Waals surface area contributed by atoms with Gasteiger partial charge in [-0.2, -0.15) is 8.78 Å². The van der Waals surface area contributed by atoms with Crippen molar-refractivity contribution in [2.45, 2.75) is 50.5 Å². The van der Waals surface area contributed by atoms with Crippen molar-refractivity contribution in [1.82, 2.24) is 0 Å². The van der Waals surface area contributed by atoms with Crippen LogP contribution < -0.4 is 0 Å². The second-order valence-electron chi connectivity index (χ2n) is 4.25. The quantitative estimate of drug-likeness (QED) is 0.592. The molecule has 120 valence electrons. The highest BCUT2D eigenvalue weighted by atomic mass is 31.2. The first-order valence-electron chi connectivity index (χ1n) is 6.15. The summed E-state index contributed by atoms with van der Waals surface area (Å²) in [5.41, 5.74) is -3.92. The molecule has 1 rings (SSSR count). The maximum atomic E-state index is 14.1. The number of hydrogen-bond acceptors (Lipinski definition) is 7. The number of ether oxygens (including phenoxy) is 1. The summed E-state index contributed by atoms with van der Waals surface area (Å²) in [6, 6.07) is 0. The Morgan fingerprint density at radius 3 is 2.00 bits per heavy atom. The van der Waals surface area contributed by atoms with E-state index in [2.05, 4.69) is 13.8 Å². The van der Waals surface area contributed by atoms with Gasteiger partial charge in [0.05, 0.1) is 25.7 Å². The average Bonchev–Trinajstić information content (AvgIpc) is 2.57. The van der Waals surface area contributed by atoms with Crippen molar-refractivity contribution in [3.63, 3.8) is 0 Å². The van der Waals surface area contributed by atoms with Gasteiger partial charge in [-0.25, -0.2) is 0 Å². The smallest absolute Gasteiger partial charge is 0.387 e. The number of aliphatic hydroxyl groups excluding tert-OH is 3. The summed E-state index contributed by atoms with van der Waals surface area (Å²) in [7, 11) is -4.73. The summed E-state index contributed by atoms with van der Waals surface area (Å²) in [5.74, 6) is 0. The van der Waals surface area contributed by atoms with Crippen molar-refractivity contribution >= 4 is 7.60 Å². The van der Waals surface area contributed by atoms with Crippen LogP contribution in [0.2, 0.25) is 0 Å². The van der Waals surface area contributed by atoms with Gasteiger partial charge in [0.2, 0.25) is 0 Å². The first-order valence-corrected chi connectivity index (χ1v) is 7.69. The fourth-order valence-corrected chi connectivity index (χ4v) is 3.35. The zero-order valence-corrected chi connectivity index (χ0v) is 12.0. The molecule has 1 unspecified atom stereocenters. The van der Waals surface area contributed by atoms with E-state index in [1.54, 1.807) is 0 Å². The van der Waals surface area contributed by atoms with Crippen LogP contribution in [0, 0.1) is 0 Å². The van der Waals surface area contributed by atoms with E-state index in [0.717, 1.165) is 0 Å². The maximum absolute atomic E-state index is 14.1. The highest BCUT2D eigenvalue weighted by Gasteiger charge is 2.57. The molecule has 0 amide bonds. The van der Waals surface area contributed by atoms with E-state index in [9.17, 15) is 23.6 Å². The Bertz CT molecular complexity index is 358. The summed E-state index contributed by atoms with van der Waals surface area (Å²) in [6.45, 7) is 2.28. The lowest BCUT2D eigenvalue weighted by Gasteiger charge is -2.28. The molecule has 0 saturated carbocycles. The lowest BCUT2D eigenvalue weighted by Crippen LogP contribution is -2.36. The molecule has 0 radical (unpaired) electrons. The van der Waals surface area contributed by atoms with E-state index >= 15 is 0 Å². The van der Waals surface area contributed by atoms with Gasteiger partial charge in [-0.3, -0.25) is 4.57 Å². The molecule has 0 aromatic carbocycles. The molecule has 10 heteroatoms. The van der Waals surface area contributed by atoms with Crippen molar-refractivity contribution < 1.29 is 42.4 Å². The summed E-state index contributed by atoms with van der Waals surface area (Å²) in [4.78, 5) is 0. The van der Waals surface area contributed by atoms with E-state index < -0.39 is 44.3 Å². The van der Waals surface area contributed by atoms with E-state index in [0.29, 0.717) is 0 Å². The van der Waals surface area contributed by atoms with Crippen LogP contribution >= 0.6 is 7.60 Å². The summed E-state index contributed by atoms with van der Waals surface area (Å²) < 4.78 is 53.9. The van der Waals surface area contributed by atoms with Crippen molar-refractivity contribution in [3.8, 4) is 0 Å². The minimum atomic E-state index is -4.73. The van der Waals surface area contributed by atoms with Gasteiger partial charge in [-0.15, -0.1) is 0 Å². The highest BCUT2D eigenvalue weighted by Crippen LogP contribution is 2.64. The van der Waals surface area contributed by atoms with Gasteiger partial charge >= 0.3 is 13.3 Å². The molecule has 0 aromatic heterocycles. The normalized spacial score (nSPS) is 31.8. The standard InChI is InChI=1S/C10H19F2O7P/c1-3-17-20(16,18-4-2)10(11,12)5-6-7(13)8(14)9(15)19-6/h6-9,13-15H,3-5H2,1-2H3/t6-,7+,8-,9?/m1/s1. The number of hydrogen-bond donors (Lipinski definition) is 3. The van der Waals surface area contributed by atoms with Gasteiger partial charge < -0.3 is 29.1 Å². The van der Waals surface area contributed by atoms with Crippen LogP contribution in [-0.4, -0.2) is 58.8 Å². The van der Waals surface area contributed by atoms with Crippen LogP contribution in [0.3, 0.4) is 0 Å². The molecule has 1 saturated heterocycles. The van der Waals surface area contributed by atoms with Crippen LogP contribution in [0.5, 0.6) is 0 Å². The summed E-state index contributed by atoms with van der Waals surface area (Å²) in [6.07, 6.45) is -7.98. The zero-order valence-electron chi connectivity index (χ0n) is 11.1. The molecule has 1 fully saturated rings. The average molecular weight is 320 g/mol. The second kappa shape index (κ2) is 6.74. The molecular weight excluding hydrogens is 301 g/mol. The first-order chi connectivity index (χ1) is 9.18. The van der Waals surface area contributed by atoms with Gasteiger partial charge in [-0.05, 0) is 13.8 Å². The minimum absolute atomic E-state index is 0.244. The van der Waals surface area contributed by atoms with E-state index in [1.807, 2.05) is 0 Å². The minimum Gasteiger partial charge on any atom is -0.387 e. The number of halogens is 2. The Hall–Kier alpha value is -0.150. The molecule has 1 heterocycles. The topological polar surface area (TPSA) is 105 Å². The summed E-state index contributed by atoms with van der Waals surface area (Å²) in [5, 5.41) is 27.9. The Kier molecular flexibility index (Phi) is 6.03. The van der Waals surface area contributed by atoms with Gasteiger partial charge in [0.1, 0.15) is 12.2 Å². The first kappa shape index (κ1) is 17.9. The molecule has 1 aliphatic rings. The molecule has 0 bridgehead atoms. The third kappa shape index (κ3) is 3.54. The van der Waals surface area contributed by atoms with E-state index in [1.165, 1.54) is 13.8 Å². The molecule has 4 atom stereocenters. The van der Waals surface area contributed by atoms with Gasteiger partial charge in [-0.1, -0.05) is 0 Å².